The molecule has 0 aliphatic heterocycles. The van der Waals surface area contributed by atoms with Crippen molar-refractivity contribution in [1.29, 1.82) is 0 Å². The van der Waals surface area contributed by atoms with Crippen molar-refractivity contribution in [3.8, 4) is 27.9 Å². The molecule has 0 aliphatic rings. The molecule has 0 saturated heterocycles. The standard InChI is InChI=1S/C60H38N2O/c1-3-12-39(13-4-1)44-29-35-58-55(36-44)53-20-11-21-56(60(53)63-58)61(48-32-26-43-23-22-41-14-7-9-18-49(41)54(43)38-48)47-30-24-40(25-31-47)45-28-33-51-52-34-27-42-15-8-10-19-50(42)59(52)62(57(51)37-45)46-16-5-2-6-17-46/h1-38H. The summed E-state index contributed by atoms with van der Waals surface area (Å²) in [7, 11) is 0. The van der Waals surface area contributed by atoms with Gasteiger partial charge in [-0.05, 0) is 110 Å². The Kier molecular flexibility index (Phi) is 7.91. The van der Waals surface area contributed by atoms with Crippen LogP contribution in [0, 0.1) is 0 Å². The molecule has 0 bridgehead atoms. The molecule has 13 rings (SSSR count). The van der Waals surface area contributed by atoms with Crippen molar-refractivity contribution >= 4 is 93.1 Å². The molecule has 2 heterocycles. The van der Waals surface area contributed by atoms with E-state index < -0.39 is 0 Å². The summed E-state index contributed by atoms with van der Waals surface area (Å²) < 4.78 is 9.28. The summed E-state index contributed by atoms with van der Waals surface area (Å²) in [4.78, 5) is 2.36. The van der Waals surface area contributed by atoms with Crippen LogP contribution in [0.15, 0.2) is 235 Å². The van der Waals surface area contributed by atoms with Gasteiger partial charge in [0.05, 0.1) is 16.7 Å². The van der Waals surface area contributed by atoms with E-state index in [1.165, 1.54) is 65.3 Å². The Morgan fingerprint density at radius 1 is 0.333 bits per heavy atom. The molecule has 3 nitrogen and oxygen atoms in total. The van der Waals surface area contributed by atoms with E-state index in [0.717, 1.165) is 55.8 Å². The van der Waals surface area contributed by atoms with E-state index in [1.54, 1.807) is 0 Å². The Morgan fingerprint density at radius 2 is 0.921 bits per heavy atom. The monoisotopic (exact) mass is 802 g/mol. The maximum atomic E-state index is 6.85. The second-order valence-electron chi connectivity index (χ2n) is 16.5. The van der Waals surface area contributed by atoms with Gasteiger partial charge in [0.25, 0.3) is 0 Å². The second-order valence-corrected chi connectivity index (χ2v) is 16.5. The lowest BCUT2D eigenvalue weighted by Crippen LogP contribution is -2.10. The summed E-state index contributed by atoms with van der Waals surface area (Å²) in [5, 5.41) is 12.0. The molecule has 0 spiro atoms. The largest absolute Gasteiger partial charge is 0.454 e. The minimum absolute atomic E-state index is 0.853. The quantitative estimate of drug-likeness (QED) is 0.156. The summed E-state index contributed by atoms with van der Waals surface area (Å²) in [6.07, 6.45) is 0. The lowest BCUT2D eigenvalue weighted by atomic mass is 10.00. The third kappa shape index (κ3) is 5.67. The molecule has 2 aromatic heterocycles. The number of fused-ring (bicyclic) bond motifs is 11. The molecule has 13 aromatic rings. The van der Waals surface area contributed by atoms with Gasteiger partial charge in [0.2, 0.25) is 0 Å². The van der Waals surface area contributed by atoms with Crippen LogP contribution in [-0.4, -0.2) is 4.57 Å². The predicted molar refractivity (Wildman–Crippen MR) is 266 cm³/mol. The van der Waals surface area contributed by atoms with Gasteiger partial charge in [-0.1, -0.05) is 170 Å². The fraction of sp³-hybridized carbons (Fsp3) is 0. The normalized spacial score (nSPS) is 11.8. The first-order valence-corrected chi connectivity index (χ1v) is 21.6. The van der Waals surface area contributed by atoms with Gasteiger partial charge < -0.3 is 13.9 Å². The Labute approximate surface area is 363 Å². The third-order valence-corrected chi connectivity index (χ3v) is 12.9. The average Bonchev–Trinajstić information content (AvgIpc) is 3.91. The van der Waals surface area contributed by atoms with Crippen LogP contribution in [0.3, 0.4) is 0 Å². The van der Waals surface area contributed by atoms with Crippen LogP contribution in [0.1, 0.15) is 0 Å². The Bertz CT molecular complexity index is 3900. The van der Waals surface area contributed by atoms with Crippen molar-refractivity contribution in [3.63, 3.8) is 0 Å². The third-order valence-electron chi connectivity index (χ3n) is 12.9. The first-order chi connectivity index (χ1) is 31.2. The fourth-order valence-electron chi connectivity index (χ4n) is 9.93. The Balaban J connectivity index is 0.987. The van der Waals surface area contributed by atoms with Crippen LogP contribution in [0.2, 0.25) is 0 Å². The zero-order valence-electron chi connectivity index (χ0n) is 34.2. The van der Waals surface area contributed by atoms with Gasteiger partial charge in [0.1, 0.15) is 5.58 Å². The molecule has 294 valence electrons. The van der Waals surface area contributed by atoms with Gasteiger partial charge >= 0.3 is 0 Å². The molecule has 0 saturated carbocycles. The molecule has 3 heteroatoms. The van der Waals surface area contributed by atoms with Gasteiger partial charge in [-0.25, -0.2) is 0 Å². The zero-order chi connectivity index (χ0) is 41.4. The summed E-state index contributed by atoms with van der Waals surface area (Å²) in [5.41, 5.74) is 13.0. The zero-order valence-corrected chi connectivity index (χ0v) is 34.2. The maximum absolute atomic E-state index is 6.85. The van der Waals surface area contributed by atoms with Crippen molar-refractivity contribution in [3.05, 3.63) is 231 Å². The van der Waals surface area contributed by atoms with Crippen LogP contribution in [0.25, 0.3) is 104 Å². The molecule has 11 aromatic carbocycles. The first-order valence-electron chi connectivity index (χ1n) is 21.6. The molecule has 0 N–H and O–H groups in total. The predicted octanol–water partition coefficient (Wildman–Crippen LogP) is 16.9. The maximum Gasteiger partial charge on any atom is 0.159 e. The van der Waals surface area contributed by atoms with E-state index in [0.29, 0.717) is 0 Å². The van der Waals surface area contributed by atoms with E-state index in [9.17, 15) is 0 Å². The highest BCUT2D eigenvalue weighted by Crippen LogP contribution is 2.45. The summed E-state index contributed by atoms with van der Waals surface area (Å²) in [5.74, 6) is 0. The lowest BCUT2D eigenvalue weighted by Gasteiger charge is -2.26. The van der Waals surface area contributed by atoms with Gasteiger partial charge in [-0.15, -0.1) is 0 Å². The van der Waals surface area contributed by atoms with E-state index in [-0.39, 0.29) is 0 Å². The smallest absolute Gasteiger partial charge is 0.159 e. The minimum Gasteiger partial charge on any atom is -0.454 e. The average molecular weight is 803 g/mol. The van der Waals surface area contributed by atoms with Crippen LogP contribution < -0.4 is 4.90 Å². The molecule has 0 radical (unpaired) electrons. The van der Waals surface area contributed by atoms with Crippen molar-refractivity contribution in [2.45, 2.75) is 0 Å². The van der Waals surface area contributed by atoms with Gasteiger partial charge in [-0.3, -0.25) is 0 Å². The molecule has 0 atom stereocenters. The number of benzene rings is 11. The number of para-hydroxylation sites is 2. The number of furan rings is 1. The van der Waals surface area contributed by atoms with Crippen LogP contribution in [0.5, 0.6) is 0 Å². The minimum atomic E-state index is 0.853. The molecule has 0 aliphatic carbocycles. The van der Waals surface area contributed by atoms with Crippen molar-refractivity contribution in [1.82, 2.24) is 4.57 Å². The van der Waals surface area contributed by atoms with Gasteiger partial charge in [0.15, 0.2) is 5.58 Å². The van der Waals surface area contributed by atoms with Crippen LogP contribution >= 0.6 is 0 Å². The molecular weight excluding hydrogens is 765 g/mol. The Hall–Kier alpha value is -8.40. The summed E-state index contributed by atoms with van der Waals surface area (Å²) in [6.45, 7) is 0. The summed E-state index contributed by atoms with van der Waals surface area (Å²) in [6, 6.07) is 83.4. The first kappa shape index (κ1) is 35.4. The highest BCUT2D eigenvalue weighted by atomic mass is 16.3. The molecule has 63 heavy (non-hydrogen) atoms. The number of aromatic nitrogens is 1. The molecular formula is C60H38N2O. The van der Waals surface area contributed by atoms with E-state index in [2.05, 4.69) is 240 Å². The molecule has 0 fully saturated rings. The number of rotatable bonds is 6. The Morgan fingerprint density at radius 3 is 1.75 bits per heavy atom. The van der Waals surface area contributed by atoms with E-state index in [4.69, 9.17) is 4.42 Å². The fourth-order valence-corrected chi connectivity index (χ4v) is 9.93. The topological polar surface area (TPSA) is 21.3 Å². The van der Waals surface area contributed by atoms with Crippen LogP contribution in [0.4, 0.5) is 17.1 Å². The highest BCUT2D eigenvalue weighted by Gasteiger charge is 2.21. The number of nitrogens with zero attached hydrogens (tertiary/aromatic N) is 2. The van der Waals surface area contributed by atoms with Crippen molar-refractivity contribution < 1.29 is 4.42 Å². The van der Waals surface area contributed by atoms with Gasteiger partial charge in [-0.2, -0.15) is 0 Å². The lowest BCUT2D eigenvalue weighted by molar-refractivity contribution is 0.669. The second kappa shape index (κ2) is 14.1. The van der Waals surface area contributed by atoms with E-state index in [1.807, 2.05) is 0 Å². The van der Waals surface area contributed by atoms with E-state index >= 15 is 0 Å². The number of anilines is 3. The van der Waals surface area contributed by atoms with Crippen molar-refractivity contribution in [2.75, 3.05) is 4.90 Å². The van der Waals surface area contributed by atoms with Crippen molar-refractivity contribution in [2.24, 2.45) is 0 Å². The number of hydrogen-bond acceptors (Lipinski definition) is 2. The number of hydrogen-bond donors (Lipinski definition) is 0. The SMILES string of the molecule is c1ccc(-c2ccc3oc4c(N(c5ccc(-c6ccc7c8ccc9ccccc9c8n(-c8ccccc8)c7c6)cc5)c5ccc6ccc7ccccc7c6c5)cccc4c3c2)cc1. The van der Waals surface area contributed by atoms with Gasteiger partial charge in [0, 0.05) is 44.0 Å². The highest BCUT2D eigenvalue weighted by molar-refractivity contribution is 6.19. The molecule has 0 amide bonds. The van der Waals surface area contributed by atoms with Crippen LogP contribution in [-0.2, 0) is 0 Å². The molecule has 0 unspecified atom stereocenters. The summed E-state index contributed by atoms with van der Waals surface area (Å²) >= 11 is 0.